The Kier molecular flexibility index (Phi) is 7.23. The molecule has 4 heteroatoms. The first-order valence-corrected chi connectivity index (χ1v) is 7.50. The zero-order chi connectivity index (χ0) is 15.0. The first-order chi connectivity index (χ1) is 9.49. The lowest BCUT2D eigenvalue weighted by molar-refractivity contribution is -0.131. The molecular formula is C16H24N2OS. The van der Waals surface area contributed by atoms with E-state index in [1.807, 2.05) is 23.1 Å². The number of amides is 1. The van der Waals surface area contributed by atoms with Crippen LogP contribution in [-0.2, 0) is 11.2 Å². The third kappa shape index (κ3) is 6.66. The van der Waals surface area contributed by atoms with Crippen LogP contribution in [0, 0.1) is 5.92 Å². The van der Waals surface area contributed by atoms with Crippen LogP contribution in [0.15, 0.2) is 30.3 Å². The van der Waals surface area contributed by atoms with Crippen molar-refractivity contribution in [2.45, 2.75) is 33.1 Å². The zero-order valence-corrected chi connectivity index (χ0v) is 13.2. The van der Waals surface area contributed by atoms with E-state index in [1.54, 1.807) is 0 Å². The van der Waals surface area contributed by atoms with E-state index < -0.39 is 0 Å². The van der Waals surface area contributed by atoms with E-state index in [2.05, 4.69) is 26.0 Å². The molecule has 0 spiro atoms. The predicted molar refractivity (Wildman–Crippen MR) is 87.6 cm³/mol. The van der Waals surface area contributed by atoms with Gasteiger partial charge in [0.25, 0.3) is 0 Å². The van der Waals surface area contributed by atoms with Gasteiger partial charge in [-0.05, 0) is 17.9 Å². The van der Waals surface area contributed by atoms with Gasteiger partial charge in [-0.1, -0.05) is 56.4 Å². The van der Waals surface area contributed by atoms with Gasteiger partial charge in [0.1, 0.15) is 0 Å². The number of hydrogen-bond acceptors (Lipinski definition) is 2. The second kappa shape index (κ2) is 8.69. The zero-order valence-electron chi connectivity index (χ0n) is 12.3. The molecule has 1 rings (SSSR count). The summed E-state index contributed by atoms with van der Waals surface area (Å²) in [6, 6.07) is 10.1. The Morgan fingerprint density at radius 2 is 1.90 bits per heavy atom. The highest BCUT2D eigenvalue weighted by Crippen LogP contribution is 2.07. The molecule has 0 aliphatic rings. The molecule has 0 aromatic heterocycles. The van der Waals surface area contributed by atoms with Crippen LogP contribution in [0.5, 0.6) is 0 Å². The fourth-order valence-electron chi connectivity index (χ4n) is 2.06. The minimum absolute atomic E-state index is 0.179. The number of nitrogens with zero attached hydrogens (tertiary/aromatic N) is 1. The van der Waals surface area contributed by atoms with Crippen LogP contribution in [0.3, 0.4) is 0 Å². The summed E-state index contributed by atoms with van der Waals surface area (Å²) in [6.07, 6.45) is 1.91. The molecule has 0 aliphatic carbocycles. The summed E-state index contributed by atoms with van der Waals surface area (Å²) in [6.45, 7) is 5.61. The van der Waals surface area contributed by atoms with Crippen LogP contribution < -0.4 is 5.73 Å². The second-order valence-electron chi connectivity index (χ2n) is 5.44. The van der Waals surface area contributed by atoms with Crippen molar-refractivity contribution in [1.29, 1.82) is 0 Å². The van der Waals surface area contributed by atoms with Gasteiger partial charge < -0.3 is 10.6 Å². The first-order valence-electron chi connectivity index (χ1n) is 7.09. The predicted octanol–water partition coefficient (Wildman–Crippen LogP) is 2.78. The lowest BCUT2D eigenvalue weighted by atomic mass is 10.1. The van der Waals surface area contributed by atoms with Crippen molar-refractivity contribution >= 4 is 23.1 Å². The lowest BCUT2D eigenvalue weighted by Crippen LogP contribution is -2.36. The van der Waals surface area contributed by atoms with Crippen molar-refractivity contribution in [2.24, 2.45) is 11.7 Å². The maximum absolute atomic E-state index is 12.3. The molecule has 0 bridgehead atoms. The standard InChI is InChI=1S/C16H24N2OS/c1-13(2)12-18(11-10-15(17)20)16(19)9-8-14-6-4-3-5-7-14/h3-7,13H,8-12H2,1-2H3,(H2,17,20). The number of carbonyl (C=O) groups excluding carboxylic acids is 1. The van der Waals surface area contributed by atoms with E-state index in [1.165, 1.54) is 5.56 Å². The first kappa shape index (κ1) is 16.6. The van der Waals surface area contributed by atoms with Gasteiger partial charge in [0.05, 0.1) is 4.99 Å². The SMILES string of the molecule is CC(C)CN(CCC(N)=S)C(=O)CCc1ccccc1. The van der Waals surface area contributed by atoms with Crippen molar-refractivity contribution in [3.05, 3.63) is 35.9 Å². The molecule has 0 heterocycles. The second-order valence-corrected chi connectivity index (χ2v) is 5.96. The molecule has 0 aliphatic heterocycles. The highest BCUT2D eigenvalue weighted by atomic mass is 32.1. The van der Waals surface area contributed by atoms with Crippen molar-refractivity contribution in [3.8, 4) is 0 Å². The molecule has 0 atom stereocenters. The van der Waals surface area contributed by atoms with Crippen molar-refractivity contribution in [2.75, 3.05) is 13.1 Å². The number of nitrogens with two attached hydrogens (primary N) is 1. The quantitative estimate of drug-likeness (QED) is 0.749. The Balaban J connectivity index is 2.51. The third-order valence-corrected chi connectivity index (χ3v) is 3.24. The van der Waals surface area contributed by atoms with Gasteiger partial charge in [-0.2, -0.15) is 0 Å². The Morgan fingerprint density at radius 3 is 2.45 bits per heavy atom. The smallest absolute Gasteiger partial charge is 0.222 e. The van der Waals surface area contributed by atoms with Crippen molar-refractivity contribution in [1.82, 2.24) is 4.90 Å². The van der Waals surface area contributed by atoms with E-state index in [0.717, 1.165) is 13.0 Å². The fourth-order valence-corrected chi connectivity index (χ4v) is 2.15. The maximum Gasteiger partial charge on any atom is 0.222 e. The van der Waals surface area contributed by atoms with E-state index in [-0.39, 0.29) is 5.91 Å². The van der Waals surface area contributed by atoms with Crippen LogP contribution in [0.4, 0.5) is 0 Å². The number of aryl methyl sites for hydroxylation is 1. The summed E-state index contributed by atoms with van der Waals surface area (Å²) in [5, 5.41) is 0. The molecule has 1 aromatic carbocycles. The normalized spacial score (nSPS) is 10.6. The Hall–Kier alpha value is -1.42. The number of benzene rings is 1. The molecule has 0 saturated carbocycles. The highest BCUT2D eigenvalue weighted by Gasteiger charge is 2.14. The van der Waals surface area contributed by atoms with Gasteiger partial charge in [0, 0.05) is 25.9 Å². The maximum atomic E-state index is 12.3. The summed E-state index contributed by atoms with van der Waals surface area (Å²) in [5.41, 5.74) is 6.72. The fraction of sp³-hybridized carbons (Fsp3) is 0.500. The van der Waals surface area contributed by atoms with Gasteiger partial charge in [-0.25, -0.2) is 0 Å². The van der Waals surface area contributed by atoms with Crippen LogP contribution >= 0.6 is 12.2 Å². The van der Waals surface area contributed by atoms with Crippen molar-refractivity contribution < 1.29 is 4.79 Å². The molecule has 110 valence electrons. The third-order valence-electron chi connectivity index (χ3n) is 3.04. The van der Waals surface area contributed by atoms with E-state index in [0.29, 0.717) is 30.3 Å². The summed E-state index contributed by atoms with van der Waals surface area (Å²) in [5.74, 6) is 0.626. The number of carbonyl (C=O) groups is 1. The molecule has 0 saturated heterocycles. The van der Waals surface area contributed by atoms with E-state index >= 15 is 0 Å². The van der Waals surface area contributed by atoms with Gasteiger partial charge in [-0.15, -0.1) is 0 Å². The van der Waals surface area contributed by atoms with Crippen LogP contribution in [0.1, 0.15) is 32.3 Å². The summed E-state index contributed by atoms with van der Waals surface area (Å²) < 4.78 is 0. The minimum Gasteiger partial charge on any atom is -0.393 e. The van der Waals surface area contributed by atoms with E-state index in [4.69, 9.17) is 18.0 Å². The monoisotopic (exact) mass is 292 g/mol. The van der Waals surface area contributed by atoms with Gasteiger partial charge >= 0.3 is 0 Å². The average molecular weight is 292 g/mol. The van der Waals surface area contributed by atoms with Crippen molar-refractivity contribution in [3.63, 3.8) is 0 Å². The Labute approximate surface area is 127 Å². The van der Waals surface area contributed by atoms with E-state index in [9.17, 15) is 4.79 Å². The summed E-state index contributed by atoms with van der Waals surface area (Å²) >= 11 is 4.90. The average Bonchev–Trinajstić information content (AvgIpc) is 2.41. The topological polar surface area (TPSA) is 46.3 Å². The minimum atomic E-state index is 0.179. The molecule has 1 aromatic rings. The molecular weight excluding hydrogens is 268 g/mol. The van der Waals surface area contributed by atoms with Gasteiger partial charge in [0.15, 0.2) is 0 Å². The molecule has 0 fully saturated rings. The van der Waals surface area contributed by atoms with Crippen LogP contribution in [0.25, 0.3) is 0 Å². The molecule has 20 heavy (non-hydrogen) atoms. The van der Waals surface area contributed by atoms with Crippen LogP contribution in [-0.4, -0.2) is 28.9 Å². The largest absolute Gasteiger partial charge is 0.393 e. The highest BCUT2D eigenvalue weighted by molar-refractivity contribution is 7.80. The number of rotatable bonds is 8. The summed E-state index contributed by atoms with van der Waals surface area (Å²) in [7, 11) is 0. The summed E-state index contributed by atoms with van der Waals surface area (Å²) in [4.78, 5) is 14.7. The van der Waals surface area contributed by atoms with Gasteiger partial charge in [0.2, 0.25) is 5.91 Å². The van der Waals surface area contributed by atoms with Gasteiger partial charge in [-0.3, -0.25) is 4.79 Å². The Morgan fingerprint density at radius 1 is 1.25 bits per heavy atom. The number of hydrogen-bond donors (Lipinski definition) is 1. The molecule has 3 nitrogen and oxygen atoms in total. The molecule has 0 radical (unpaired) electrons. The lowest BCUT2D eigenvalue weighted by Gasteiger charge is -2.24. The molecule has 1 amide bonds. The number of thiocarbonyl (C=S) groups is 1. The molecule has 2 N–H and O–H groups in total. The molecule has 0 unspecified atom stereocenters. The Bertz CT molecular complexity index is 431. The van der Waals surface area contributed by atoms with Crippen LogP contribution in [0.2, 0.25) is 0 Å².